The highest BCUT2D eigenvalue weighted by Gasteiger charge is 2.21. The summed E-state index contributed by atoms with van der Waals surface area (Å²) in [6.45, 7) is 5.60. The first-order chi connectivity index (χ1) is 8.16. The fraction of sp³-hybridized carbons (Fsp3) is 0.727. The van der Waals surface area contributed by atoms with Crippen LogP contribution in [0.2, 0.25) is 0 Å². The van der Waals surface area contributed by atoms with Gasteiger partial charge in [-0.15, -0.1) is 22.6 Å². The lowest BCUT2D eigenvalue weighted by Crippen LogP contribution is -2.39. The summed E-state index contributed by atoms with van der Waals surface area (Å²) >= 11 is 1.57. The van der Waals surface area contributed by atoms with Gasteiger partial charge in [0.15, 0.2) is 0 Å². The van der Waals surface area contributed by atoms with Crippen molar-refractivity contribution in [3.63, 3.8) is 0 Å². The molecule has 7 heteroatoms. The second-order valence-electron chi connectivity index (χ2n) is 4.56. The van der Waals surface area contributed by atoms with E-state index in [-0.39, 0.29) is 24.4 Å². The summed E-state index contributed by atoms with van der Waals surface area (Å²) in [7, 11) is 0. The Balaban J connectivity index is 0.00000162. The summed E-state index contributed by atoms with van der Waals surface area (Å²) < 4.78 is 0. The number of amides is 1. The van der Waals surface area contributed by atoms with Crippen molar-refractivity contribution in [3.05, 3.63) is 10.0 Å². The van der Waals surface area contributed by atoms with Crippen LogP contribution < -0.4 is 10.6 Å². The van der Waals surface area contributed by atoms with Crippen LogP contribution in [0.4, 0.5) is 0 Å². The molecule has 1 unspecified atom stereocenters. The molecule has 18 heavy (non-hydrogen) atoms. The van der Waals surface area contributed by atoms with Crippen LogP contribution in [-0.4, -0.2) is 28.7 Å². The third-order valence-corrected chi connectivity index (χ3v) is 3.99. The van der Waals surface area contributed by atoms with Crippen LogP contribution in [-0.2, 0) is 11.3 Å². The Morgan fingerprint density at radius 2 is 2.33 bits per heavy atom. The number of nitrogens with one attached hydrogen (secondary N) is 2. The van der Waals surface area contributed by atoms with Crippen molar-refractivity contribution in [2.75, 3.05) is 6.54 Å². The molecule has 0 aliphatic carbocycles. The highest BCUT2D eigenvalue weighted by Crippen LogP contribution is 2.18. The van der Waals surface area contributed by atoms with E-state index >= 15 is 0 Å². The molecule has 1 aromatic heterocycles. The summed E-state index contributed by atoms with van der Waals surface area (Å²) in [6.07, 6.45) is 2.01. The average molecular weight is 291 g/mol. The normalized spacial score (nSPS) is 18.7. The number of carbonyl (C=O) groups is 1. The van der Waals surface area contributed by atoms with Crippen molar-refractivity contribution in [2.45, 2.75) is 45.2 Å². The van der Waals surface area contributed by atoms with Crippen molar-refractivity contribution in [3.8, 4) is 0 Å². The molecule has 102 valence electrons. The van der Waals surface area contributed by atoms with E-state index in [1.165, 1.54) is 0 Å². The van der Waals surface area contributed by atoms with Gasteiger partial charge in [0.1, 0.15) is 10.0 Å². The first-order valence-corrected chi connectivity index (χ1v) is 6.82. The number of hydrogen-bond acceptors (Lipinski definition) is 5. The highest BCUT2D eigenvalue weighted by molar-refractivity contribution is 7.11. The molecule has 2 rings (SSSR count). The summed E-state index contributed by atoms with van der Waals surface area (Å²) in [4.78, 5) is 11.7. The molecule has 1 aromatic rings. The van der Waals surface area contributed by atoms with E-state index < -0.39 is 0 Å². The molecule has 0 saturated carbocycles. The molecule has 1 aliphatic heterocycles. The quantitative estimate of drug-likeness (QED) is 0.881. The van der Waals surface area contributed by atoms with Crippen LogP contribution in [0.1, 0.15) is 42.6 Å². The smallest absolute Gasteiger partial charge is 0.237 e. The Hall–Kier alpha value is -0.720. The van der Waals surface area contributed by atoms with E-state index in [0.717, 1.165) is 29.4 Å². The Morgan fingerprint density at radius 1 is 1.56 bits per heavy atom. The van der Waals surface area contributed by atoms with Gasteiger partial charge in [-0.2, -0.15) is 0 Å². The monoisotopic (exact) mass is 290 g/mol. The van der Waals surface area contributed by atoms with Crippen molar-refractivity contribution in [1.29, 1.82) is 0 Å². The van der Waals surface area contributed by atoms with E-state index in [9.17, 15) is 4.79 Å². The zero-order valence-electron chi connectivity index (χ0n) is 10.6. The maximum absolute atomic E-state index is 11.7. The standard InChI is InChI=1S/C11H18N4OS.ClH/c1-7(2)11-15-14-9(17-11)6-13-10(16)8-4-3-5-12-8;/h7-8,12H,3-6H2,1-2H3,(H,13,16);1H. The van der Waals surface area contributed by atoms with E-state index in [1.54, 1.807) is 11.3 Å². The van der Waals surface area contributed by atoms with Crippen molar-refractivity contribution >= 4 is 29.7 Å². The lowest BCUT2D eigenvalue weighted by atomic mass is 10.2. The fourth-order valence-electron chi connectivity index (χ4n) is 1.77. The number of nitrogens with zero attached hydrogens (tertiary/aromatic N) is 2. The summed E-state index contributed by atoms with van der Waals surface area (Å²) in [5.74, 6) is 0.470. The molecule has 2 N–H and O–H groups in total. The lowest BCUT2D eigenvalue weighted by Gasteiger charge is -2.09. The molecule has 1 saturated heterocycles. The van der Waals surface area contributed by atoms with Crippen LogP contribution in [0.25, 0.3) is 0 Å². The Bertz CT molecular complexity index is 390. The topological polar surface area (TPSA) is 66.9 Å². The van der Waals surface area contributed by atoms with Gasteiger partial charge >= 0.3 is 0 Å². The second kappa shape index (κ2) is 7.01. The van der Waals surface area contributed by atoms with E-state index in [1.807, 2.05) is 0 Å². The van der Waals surface area contributed by atoms with Gasteiger partial charge in [0.2, 0.25) is 5.91 Å². The molecule has 0 spiro atoms. The molecule has 0 bridgehead atoms. The van der Waals surface area contributed by atoms with Crippen LogP contribution in [0.3, 0.4) is 0 Å². The van der Waals surface area contributed by atoms with Gasteiger partial charge in [-0.3, -0.25) is 4.79 Å². The third kappa shape index (κ3) is 3.90. The highest BCUT2D eigenvalue weighted by atomic mass is 35.5. The van der Waals surface area contributed by atoms with Crippen molar-refractivity contribution < 1.29 is 4.79 Å². The van der Waals surface area contributed by atoms with E-state index in [2.05, 4.69) is 34.7 Å². The third-order valence-electron chi connectivity index (χ3n) is 2.77. The lowest BCUT2D eigenvalue weighted by molar-refractivity contribution is -0.122. The predicted octanol–water partition coefficient (Wildman–Crippen LogP) is 1.45. The molecule has 5 nitrogen and oxygen atoms in total. The molecule has 1 fully saturated rings. The van der Waals surface area contributed by atoms with Gasteiger partial charge in [-0.1, -0.05) is 25.2 Å². The van der Waals surface area contributed by atoms with E-state index in [0.29, 0.717) is 12.5 Å². The van der Waals surface area contributed by atoms with Gasteiger partial charge < -0.3 is 10.6 Å². The van der Waals surface area contributed by atoms with Crippen LogP contribution >= 0.6 is 23.7 Å². The molecule has 1 atom stereocenters. The zero-order valence-corrected chi connectivity index (χ0v) is 12.2. The minimum atomic E-state index is -0.0208. The van der Waals surface area contributed by atoms with Gasteiger partial charge in [0.25, 0.3) is 0 Å². The Morgan fingerprint density at radius 3 is 2.89 bits per heavy atom. The molecule has 2 heterocycles. The molecule has 0 radical (unpaired) electrons. The van der Waals surface area contributed by atoms with E-state index in [4.69, 9.17) is 0 Å². The Kier molecular flexibility index (Phi) is 5.98. The molecular weight excluding hydrogens is 272 g/mol. The summed E-state index contributed by atoms with van der Waals surface area (Å²) in [6, 6.07) is -0.0208. The van der Waals surface area contributed by atoms with Crippen molar-refractivity contribution in [2.24, 2.45) is 0 Å². The van der Waals surface area contributed by atoms with Gasteiger partial charge in [0.05, 0.1) is 12.6 Å². The first-order valence-electron chi connectivity index (χ1n) is 6.00. The maximum Gasteiger partial charge on any atom is 0.237 e. The van der Waals surface area contributed by atoms with Crippen LogP contribution in [0, 0.1) is 0 Å². The zero-order chi connectivity index (χ0) is 12.3. The number of halogens is 1. The second-order valence-corrected chi connectivity index (χ2v) is 5.65. The molecule has 1 aliphatic rings. The largest absolute Gasteiger partial charge is 0.348 e. The molecule has 1 amide bonds. The van der Waals surface area contributed by atoms with Gasteiger partial charge in [-0.05, 0) is 19.4 Å². The van der Waals surface area contributed by atoms with Crippen LogP contribution in [0.5, 0.6) is 0 Å². The minimum absolute atomic E-state index is 0. The first kappa shape index (κ1) is 15.3. The summed E-state index contributed by atoms with van der Waals surface area (Å²) in [5.41, 5.74) is 0. The SMILES string of the molecule is CC(C)c1nnc(CNC(=O)C2CCCN2)s1.Cl. The number of rotatable bonds is 4. The predicted molar refractivity (Wildman–Crippen MR) is 74.1 cm³/mol. The minimum Gasteiger partial charge on any atom is -0.348 e. The molecule has 0 aromatic carbocycles. The Labute approximate surface area is 117 Å². The van der Waals surface area contributed by atoms with Gasteiger partial charge in [-0.25, -0.2) is 0 Å². The molecular formula is C11H19ClN4OS. The number of hydrogen-bond donors (Lipinski definition) is 2. The van der Waals surface area contributed by atoms with Gasteiger partial charge in [0, 0.05) is 5.92 Å². The number of aromatic nitrogens is 2. The van der Waals surface area contributed by atoms with Crippen LogP contribution in [0.15, 0.2) is 0 Å². The fourth-order valence-corrected chi connectivity index (χ4v) is 2.55. The maximum atomic E-state index is 11.7. The summed E-state index contributed by atoms with van der Waals surface area (Å²) in [5, 5.41) is 16.1. The number of carbonyl (C=O) groups excluding carboxylic acids is 1. The average Bonchev–Trinajstić information content (AvgIpc) is 2.97. The van der Waals surface area contributed by atoms with Crippen molar-refractivity contribution in [1.82, 2.24) is 20.8 Å².